The van der Waals surface area contributed by atoms with Crippen molar-refractivity contribution in [1.82, 2.24) is 0 Å². The standard InChI is InChI=1S/C9H9ClOS2/c1-12-9(8(10)11)13-7-5-3-2-4-6-7/h2-6,9H,1H3. The molecule has 0 saturated carbocycles. The molecule has 0 aliphatic carbocycles. The molecular weight excluding hydrogens is 224 g/mol. The smallest absolute Gasteiger partial charge is 0.245 e. The molecule has 0 spiro atoms. The van der Waals surface area contributed by atoms with Crippen molar-refractivity contribution in [3.63, 3.8) is 0 Å². The zero-order valence-electron chi connectivity index (χ0n) is 7.07. The number of hydrogen-bond donors (Lipinski definition) is 0. The minimum atomic E-state index is -0.304. The van der Waals surface area contributed by atoms with Crippen molar-refractivity contribution in [3.8, 4) is 0 Å². The number of carbonyl (C=O) groups excluding carboxylic acids is 1. The van der Waals surface area contributed by atoms with Gasteiger partial charge in [0.2, 0.25) is 5.24 Å². The van der Waals surface area contributed by atoms with Crippen molar-refractivity contribution in [2.75, 3.05) is 6.26 Å². The first kappa shape index (κ1) is 11.0. The summed E-state index contributed by atoms with van der Waals surface area (Å²) in [6, 6.07) is 9.76. The van der Waals surface area contributed by atoms with Crippen LogP contribution >= 0.6 is 35.1 Å². The summed E-state index contributed by atoms with van der Waals surface area (Å²) in [7, 11) is 0. The Labute approximate surface area is 91.2 Å². The van der Waals surface area contributed by atoms with E-state index < -0.39 is 0 Å². The lowest BCUT2D eigenvalue weighted by Crippen LogP contribution is -2.04. The van der Waals surface area contributed by atoms with E-state index in [2.05, 4.69) is 0 Å². The maximum absolute atomic E-state index is 10.9. The van der Waals surface area contributed by atoms with Gasteiger partial charge in [-0.05, 0) is 30.0 Å². The Morgan fingerprint density at radius 1 is 1.38 bits per heavy atom. The second kappa shape index (κ2) is 5.58. The fourth-order valence-electron chi connectivity index (χ4n) is 0.810. The molecule has 1 rings (SSSR count). The maximum atomic E-state index is 10.9. The number of hydrogen-bond acceptors (Lipinski definition) is 3. The number of carbonyl (C=O) groups is 1. The lowest BCUT2D eigenvalue weighted by molar-refractivity contribution is -0.110. The highest BCUT2D eigenvalue weighted by Crippen LogP contribution is 2.30. The summed E-state index contributed by atoms with van der Waals surface area (Å²) in [5.41, 5.74) is 0. The van der Waals surface area contributed by atoms with Crippen LogP contribution in [0, 0.1) is 0 Å². The molecule has 70 valence electrons. The zero-order valence-corrected chi connectivity index (χ0v) is 9.46. The molecule has 0 fully saturated rings. The number of thioether (sulfide) groups is 2. The van der Waals surface area contributed by atoms with Crippen LogP contribution in [0.2, 0.25) is 0 Å². The molecular formula is C9H9ClOS2. The predicted octanol–water partition coefficient (Wildman–Crippen LogP) is 3.23. The first-order valence-electron chi connectivity index (χ1n) is 3.68. The van der Waals surface area contributed by atoms with Crippen molar-refractivity contribution in [2.45, 2.75) is 9.48 Å². The van der Waals surface area contributed by atoms with E-state index in [1.807, 2.05) is 36.6 Å². The molecule has 0 saturated heterocycles. The first-order valence-corrected chi connectivity index (χ1v) is 6.22. The molecule has 1 atom stereocenters. The highest BCUT2D eigenvalue weighted by Gasteiger charge is 2.15. The Morgan fingerprint density at radius 2 is 2.00 bits per heavy atom. The van der Waals surface area contributed by atoms with Gasteiger partial charge in [-0.1, -0.05) is 18.2 Å². The number of benzene rings is 1. The van der Waals surface area contributed by atoms with E-state index in [4.69, 9.17) is 11.6 Å². The summed E-state index contributed by atoms with van der Waals surface area (Å²) in [6.45, 7) is 0. The first-order chi connectivity index (χ1) is 6.24. The molecule has 0 aliphatic heterocycles. The van der Waals surface area contributed by atoms with Gasteiger partial charge in [0.05, 0.1) is 0 Å². The molecule has 0 amide bonds. The van der Waals surface area contributed by atoms with E-state index >= 15 is 0 Å². The molecule has 4 heteroatoms. The predicted molar refractivity (Wildman–Crippen MR) is 60.5 cm³/mol. The molecule has 1 unspecified atom stereocenters. The van der Waals surface area contributed by atoms with Crippen molar-refractivity contribution in [2.24, 2.45) is 0 Å². The van der Waals surface area contributed by atoms with E-state index in [1.54, 1.807) is 0 Å². The Balaban J connectivity index is 2.62. The highest BCUT2D eigenvalue weighted by molar-refractivity contribution is 8.18. The van der Waals surface area contributed by atoms with Crippen LogP contribution in [0.4, 0.5) is 0 Å². The average molecular weight is 233 g/mol. The zero-order chi connectivity index (χ0) is 9.68. The molecule has 0 aliphatic rings. The summed E-state index contributed by atoms with van der Waals surface area (Å²) in [4.78, 5) is 12.0. The third kappa shape index (κ3) is 3.63. The van der Waals surface area contributed by atoms with Crippen molar-refractivity contribution < 1.29 is 4.79 Å². The van der Waals surface area contributed by atoms with Crippen LogP contribution in [0.1, 0.15) is 0 Å². The van der Waals surface area contributed by atoms with Gasteiger partial charge >= 0.3 is 0 Å². The van der Waals surface area contributed by atoms with Crippen LogP contribution in [-0.4, -0.2) is 16.1 Å². The lowest BCUT2D eigenvalue weighted by atomic mass is 10.4. The van der Waals surface area contributed by atoms with Gasteiger partial charge in [0.25, 0.3) is 0 Å². The fraction of sp³-hybridized carbons (Fsp3) is 0.222. The van der Waals surface area contributed by atoms with Gasteiger partial charge in [0, 0.05) is 4.90 Å². The Morgan fingerprint density at radius 3 is 2.46 bits per heavy atom. The summed E-state index contributed by atoms with van der Waals surface area (Å²) >= 11 is 8.35. The van der Waals surface area contributed by atoms with Crippen LogP contribution in [0.3, 0.4) is 0 Å². The largest absolute Gasteiger partial charge is 0.279 e. The molecule has 1 aromatic carbocycles. The fourth-order valence-corrected chi connectivity index (χ4v) is 2.77. The van der Waals surface area contributed by atoms with Gasteiger partial charge < -0.3 is 0 Å². The molecule has 0 radical (unpaired) electrons. The van der Waals surface area contributed by atoms with Crippen molar-refractivity contribution in [1.29, 1.82) is 0 Å². The molecule has 0 bridgehead atoms. The van der Waals surface area contributed by atoms with E-state index in [0.29, 0.717) is 0 Å². The lowest BCUT2D eigenvalue weighted by Gasteiger charge is -2.07. The molecule has 13 heavy (non-hydrogen) atoms. The molecule has 0 heterocycles. The average Bonchev–Trinajstić information content (AvgIpc) is 2.15. The number of rotatable bonds is 4. The quantitative estimate of drug-likeness (QED) is 0.451. The second-order valence-corrected chi connectivity index (χ2v) is 5.09. The van der Waals surface area contributed by atoms with Crippen LogP contribution in [0.25, 0.3) is 0 Å². The van der Waals surface area contributed by atoms with E-state index in [9.17, 15) is 4.79 Å². The SMILES string of the molecule is CSC(Sc1ccccc1)C(=O)Cl. The Kier molecular flexibility index (Phi) is 4.70. The van der Waals surface area contributed by atoms with Crippen molar-refractivity contribution >= 4 is 40.4 Å². The molecule has 0 N–H and O–H groups in total. The van der Waals surface area contributed by atoms with Gasteiger partial charge in [-0.3, -0.25) is 4.79 Å². The van der Waals surface area contributed by atoms with Crippen LogP contribution < -0.4 is 0 Å². The summed E-state index contributed by atoms with van der Waals surface area (Å²) in [6.07, 6.45) is 1.88. The third-order valence-electron chi connectivity index (χ3n) is 1.39. The van der Waals surface area contributed by atoms with E-state index in [-0.39, 0.29) is 9.82 Å². The van der Waals surface area contributed by atoms with E-state index in [1.165, 1.54) is 23.5 Å². The van der Waals surface area contributed by atoms with Gasteiger partial charge in [-0.25, -0.2) is 0 Å². The Bertz CT molecular complexity index is 276. The highest BCUT2D eigenvalue weighted by atomic mass is 35.5. The monoisotopic (exact) mass is 232 g/mol. The van der Waals surface area contributed by atoms with Crippen LogP contribution in [0.15, 0.2) is 35.2 Å². The second-order valence-electron chi connectivity index (χ2n) is 2.30. The van der Waals surface area contributed by atoms with Crippen LogP contribution in [0.5, 0.6) is 0 Å². The van der Waals surface area contributed by atoms with Gasteiger partial charge in [-0.2, -0.15) is 0 Å². The van der Waals surface area contributed by atoms with Gasteiger partial charge in [0.15, 0.2) is 0 Å². The van der Waals surface area contributed by atoms with Crippen LogP contribution in [-0.2, 0) is 4.79 Å². The summed E-state index contributed by atoms with van der Waals surface area (Å²) in [5, 5.41) is -0.304. The molecule has 0 aromatic heterocycles. The normalized spacial score (nSPS) is 12.5. The maximum Gasteiger partial charge on any atom is 0.245 e. The van der Waals surface area contributed by atoms with Gasteiger partial charge in [-0.15, -0.1) is 23.5 Å². The summed E-state index contributed by atoms with van der Waals surface area (Å²) < 4.78 is -0.205. The molecule has 1 aromatic rings. The summed E-state index contributed by atoms with van der Waals surface area (Å²) in [5.74, 6) is 0. The third-order valence-corrected chi connectivity index (χ3v) is 4.34. The molecule has 1 nitrogen and oxygen atoms in total. The van der Waals surface area contributed by atoms with E-state index in [0.717, 1.165) is 4.90 Å². The van der Waals surface area contributed by atoms with Crippen molar-refractivity contribution in [3.05, 3.63) is 30.3 Å². The van der Waals surface area contributed by atoms with Gasteiger partial charge in [0.1, 0.15) is 4.58 Å². The Hall–Kier alpha value is -0.120. The minimum Gasteiger partial charge on any atom is -0.279 e. The topological polar surface area (TPSA) is 17.1 Å². The number of halogens is 1. The minimum absolute atomic E-state index is 0.205.